The SMILES string of the molecule is CN(CCS(C)(=O)=O)C(=O)c1cc2ccccc2c(Cl)n1. The lowest BCUT2D eigenvalue weighted by Gasteiger charge is -2.16. The molecule has 0 saturated carbocycles. The summed E-state index contributed by atoms with van der Waals surface area (Å²) in [7, 11) is -1.58. The van der Waals surface area contributed by atoms with E-state index in [0.717, 1.165) is 17.0 Å². The molecular formula is C14H15ClN2O3S. The van der Waals surface area contributed by atoms with Crippen molar-refractivity contribution in [2.45, 2.75) is 0 Å². The molecule has 0 unspecified atom stereocenters. The monoisotopic (exact) mass is 326 g/mol. The first-order valence-electron chi connectivity index (χ1n) is 6.26. The molecule has 7 heteroatoms. The summed E-state index contributed by atoms with van der Waals surface area (Å²) in [4.78, 5) is 17.7. The Morgan fingerprint density at radius 3 is 2.67 bits per heavy atom. The summed E-state index contributed by atoms with van der Waals surface area (Å²) < 4.78 is 22.3. The summed E-state index contributed by atoms with van der Waals surface area (Å²) in [6.07, 6.45) is 1.14. The van der Waals surface area contributed by atoms with E-state index in [2.05, 4.69) is 4.98 Å². The molecule has 21 heavy (non-hydrogen) atoms. The smallest absolute Gasteiger partial charge is 0.272 e. The number of carbonyl (C=O) groups is 1. The number of benzene rings is 1. The Labute approximate surface area is 128 Å². The summed E-state index contributed by atoms with van der Waals surface area (Å²) >= 11 is 6.08. The first-order chi connectivity index (χ1) is 9.78. The molecule has 0 atom stereocenters. The van der Waals surface area contributed by atoms with E-state index in [0.29, 0.717) is 0 Å². The van der Waals surface area contributed by atoms with E-state index in [9.17, 15) is 13.2 Å². The number of aromatic nitrogens is 1. The lowest BCUT2D eigenvalue weighted by Crippen LogP contribution is -2.32. The molecule has 0 radical (unpaired) electrons. The van der Waals surface area contributed by atoms with Gasteiger partial charge in [0.2, 0.25) is 0 Å². The van der Waals surface area contributed by atoms with Crippen molar-refractivity contribution in [3.63, 3.8) is 0 Å². The van der Waals surface area contributed by atoms with Crippen molar-refractivity contribution in [1.82, 2.24) is 9.88 Å². The van der Waals surface area contributed by atoms with E-state index >= 15 is 0 Å². The van der Waals surface area contributed by atoms with Crippen LogP contribution in [0, 0.1) is 0 Å². The largest absolute Gasteiger partial charge is 0.339 e. The van der Waals surface area contributed by atoms with Gasteiger partial charge in [0.1, 0.15) is 20.7 Å². The van der Waals surface area contributed by atoms with Gasteiger partial charge in [-0.25, -0.2) is 13.4 Å². The molecule has 1 aromatic heterocycles. The third-order valence-corrected chi connectivity index (χ3v) is 4.27. The molecule has 0 saturated heterocycles. The molecule has 5 nitrogen and oxygen atoms in total. The Balaban J connectivity index is 2.27. The molecule has 2 aromatic rings. The quantitative estimate of drug-likeness (QED) is 0.806. The highest BCUT2D eigenvalue weighted by atomic mass is 35.5. The Morgan fingerprint density at radius 1 is 1.33 bits per heavy atom. The van der Waals surface area contributed by atoms with E-state index in [1.54, 1.807) is 6.07 Å². The fourth-order valence-electron chi connectivity index (χ4n) is 1.87. The van der Waals surface area contributed by atoms with Gasteiger partial charge in [-0.1, -0.05) is 35.9 Å². The summed E-state index contributed by atoms with van der Waals surface area (Å²) in [5, 5.41) is 1.85. The number of hydrogen-bond acceptors (Lipinski definition) is 4. The Kier molecular flexibility index (Phi) is 4.49. The minimum absolute atomic E-state index is 0.0868. The van der Waals surface area contributed by atoms with Crippen LogP contribution < -0.4 is 0 Å². The third kappa shape index (κ3) is 3.92. The van der Waals surface area contributed by atoms with Crippen LogP contribution in [0.25, 0.3) is 10.8 Å². The average Bonchev–Trinajstić information content (AvgIpc) is 2.43. The minimum Gasteiger partial charge on any atom is -0.339 e. The van der Waals surface area contributed by atoms with E-state index < -0.39 is 9.84 Å². The van der Waals surface area contributed by atoms with Gasteiger partial charge in [-0.15, -0.1) is 0 Å². The van der Waals surface area contributed by atoms with Crippen molar-refractivity contribution in [2.24, 2.45) is 0 Å². The lowest BCUT2D eigenvalue weighted by molar-refractivity contribution is 0.0798. The molecule has 0 aliphatic rings. The third-order valence-electron chi connectivity index (χ3n) is 3.06. The van der Waals surface area contributed by atoms with Gasteiger partial charge in [0.15, 0.2) is 0 Å². The zero-order valence-electron chi connectivity index (χ0n) is 11.7. The first kappa shape index (κ1) is 15.7. The Hall–Kier alpha value is -1.66. The van der Waals surface area contributed by atoms with Crippen molar-refractivity contribution in [3.05, 3.63) is 41.2 Å². The molecular weight excluding hydrogens is 312 g/mol. The highest BCUT2D eigenvalue weighted by Crippen LogP contribution is 2.22. The molecule has 112 valence electrons. The standard InChI is InChI=1S/C14H15ClN2O3S/c1-17(7-8-21(2,19)20)14(18)12-9-10-5-3-4-6-11(10)13(15)16-12/h3-6,9H,7-8H2,1-2H3. The summed E-state index contributed by atoms with van der Waals surface area (Å²) in [6.45, 7) is 0.115. The average molecular weight is 327 g/mol. The fraction of sp³-hybridized carbons (Fsp3) is 0.286. The highest BCUT2D eigenvalue weighted by molar-refractivity contribution is 7.90. The summed E-state index contributed by atoms with van der Waals surface area (Å²) in [5.74, 6) is -0.442. The number of sulfone groups is 1. The van der Waals surface area contributed by atoms with E-state index in [1.165, 1.54) is 11.9 Å². The number of fused-ring (bicyclic) bond motifs is 1. The van der Waals surface area contributed by atoms with Crippen LogP contribution in [0.2, 0.25) is 5.15 Å². The van der Waals surface area contributed by atoms with Gasteiger partial charge in [-0.2, -0.15) is 0 Å². The fourth-order valence-corrected chi connectivity index (χ4v) is 2.73. The van der Waals surface area contributed by atoms with Crippen molar-refractivity contribution in [1.29, 1.82) is 0 Å². The second kappa shape index (κ2) is 5.99. The van der Waals surface area contributed by atoms with Crippen LogP contribution in [0.1, 0.15) is 10.5 Å². The summed E-state index contributed by atoms with van der Waals surface area (Å²) in [5.41, 5.74) is 0.203. The highest BCUT2D eigenvalue weighted by Gasteiger charge is 2.16. The van der Waals surface area contributed by atoms with Crippen molar-refractivity contribution in [2.75, 3.05) is 25.6 Å². The zero-order valence-corrected chi connectivity index (χ0v) is 13.3. The van der Waals surface area contributed by atoms with Crippen LogP contribution in [-0.2, 0) is 9.84 Å². The maximum atomic E-state index is 12.3. The number of rotatable bonds is 4. The topological polar surface area (TPSA) is 67.3 Å². The maximum Gasteiger partial charge on any atom is 0.272 e. The van der Waals surface area contributed by atoms with E-state index in [1.807, 2.05) is 24.3 Å². The molecule has 0 fully saturated rings. The number of hydrogen-bond donors (Lipinski definition) is 0. The zero-order chi connectivity index (χ0) is 15.6. The van der Waals surface area contributed by atoms with Gasteiger partial charge in [-0.05, 0) is 11.5 Å². The van der Waals surface area contributed by atoms with Crippen LogP contribution in [0.15, 0.2) is 30.3 Å². The molecule has 0 bridgehead atoms. The molecule has 0 aliphatic heterocycles. The second-order valence-corrected chi connectivity index (χ2v) is 7.49. The molecule has 0 N–H and O–H groups in total. The maximum absolute atomic E-state index is 12.3. The van der Waals surface area contributed by atoms with Crippen molar-refractivity contribution >= 4 is 38.1 Å². The molecule has 1 heterocycles. The summed E-state index contributed by atoms with van der Waals surface area (Å²) in [6, 6.07) is 9.01. The predicted molar refractivity (Wildman–Crippen MR) is 83.4 cm³/mol. The van der Waals surface area contributed by atoms with Crippen LogP contribution in [0.3, 0.4) is 0 Å². The normalized spacial score (nSPS) is 11.6. The van der Waals surface area contributed by atoms with Gasteiger partial charge in [-0.3, -0.25) is 4.79 Å². The van der Waals surface area contributed by atoms with Gasteiger partial charge in [0, 0.05) is 25.2 Å². The van der Waals surface area contributed by atoms with Crippen LogP contribution in [-0.4, -0.2) is 49.8 Å². The molecule has 2 rings (SSSR count). The number of carbonyl (C=O) groups excluding carboxylic acids is 1. The predicted octanol–water partition coefficient (Wildman–Crippen LogP) is 2.00. The van der Waals surface area contributed by atoms with E-state index in [4.69, 9.17) is 11.6 Å². The van der Waals surface area contributed by atoms with Crippen molar-refractivity contribution in [3.8, 4) is 0 Å². The van der Waals surface area contributed by atoms with Crippen LogP contribution in [0.4, 0.5) is 0 Å². The second-order valence-electron chi connectivity index (χ2n) is 4.88. The first-order valence-corrected chi connectivity index (χ1v) is 8.70. The van der Waals surface area contributed by atoms with Crippen LogP contribution in [0.5, 0.6) is 0 Å². The number of nitrogens with zero attached hydrogens (tertiary/aromatic N) is 2. The Bertz CT molecular complexity index is 790. The molecule has 0 spiro atoms. The number of amides is 1. The van der Waals surface area contributed by atoms with Gasteiger partial charge >= 0.3 is 0 Å². The molecule has 0 aliphatic carbocycles. The Morgan fingerprint density at radius 2 is 2.00 bits per heavy atom. The number of pyridine rings is 1. The van der Waals surface area contributed by atoms with Crippen LogP contribution >= 0.6 is 11.6 Å². The molecule has 1 amide bonds. The van der Waals surface area contributed by atoms with Crippen molar-refractivity contribution < 1.29 is 13.2 Å². The number of halogens is 1. The van der Waals surface area contributed by atoms with Gasteiger partial charge in [0.05, 0.1) is 5.75 Å². The van der Waals surface area contributed by atoms with Gasteiger partial charge in [0.25, 0.3) is 5.91 Å². The van der Waals surface area contributed by atoms with E-state index in [-0.39, 0.29) is 29.1 Å². The molecule has 1 aromatic carbocycles. The van der Waals surface area contributed by atoms with Gasteiger partial charge < -0.3 is 4.90 Å². The minimum atomic E-state index is -3.12. The lowest BCUT2D eigenvalue weighted by atomic mass is 10.1.